The van der Waals surface area contributed by atoms with Crippen molar-refractivity contribution in [2.75, 3.05) is 10.6 Å². The third-order valence-electron chi connectivity index (χ3n) is 3.75. The van der Waals surface area contributed by atoms with Gasteiger partial charge in [-0.2, -0.15) is 0 Å². The summed E-state index contributed by atoms with van der Waals surface area (Å²) in [4.78, 5) is 40.9. The van der Waals surface area contributed by atoms with E-state index in [4.69, 9.17) is 0 Å². The molecule has 8 nitrogen and oxygen atoms in total. The van der Waals surface area contributed by atoms with E-state index in [1.54, 1.807) is 11.4 Å². The van der Waals surface area contributed by atoms with Gasteiger partial charge in [0.1, 0.15) is 0 Å². The van der Waals surface area contributed by atoms with Crippen molar-refractivity contribution in [2.24, 2.45) is 0 Å². The van der Waals surface area contributed by atoms with Gasteiger partial charge in [-0.25, -0.2) is 19.9 Å². The Morgan fingerprint density at radius 3 is 2.64 bits per heavy atom. The SMILES string of the molecule is Cc1cccc2sc(NC(=O)Cc3csc(NC(=O)c4ncccn4)n3)nc12. The summed E-state index contributed by atoms with van der Waals surface area (Å²) in [7, 11) is 0. The number of fused-ring (bicyclic) bond motifs is 1. The molecule has 1 aromatic carbocycles. The molecular weight excluding hydrogens is 396 g/mol. The maximum Gasteiger partial charge on any atom is 0.295 e. The van der Waals surface area contributed by atoms with Gasteiger partial charge in [0.05, 0.1) is 22.3 Å². The summed E-state index contributed by atoms with van der Waals surface area (Å²) in [6, 6.07) is 7.55. The van der Waals surface area contributed by atoms with Crippen LogP contribution in [0.5, 0.6) is 0 Å². The van der Waals surface area contributed by atoms with E-state index in [1.807, 2.05) is 25.1 Å². The van der Waals surface area contributed by atoms with Crippen LogP contribution in [-0.4, -0.2) is 31.8 Å². The normalized spacial score (nSPS) is 10.8. The summed E-state index contributed by atoms with van der Waals surface area (Å²) in [5, 5.41) is 8.10. The lowest BCUT2D eigenvalue weighted by atomic mass is 10.2. The molecule has 28 heavy (non-hydrogen) atoms. The van der Waals surface area contributed by atoms with Crippen LogP contribution in [0.25, 0.3) is 10.2 Å². The second-order valence-corrected chi connectivity index (χ2v) is 7.72. The first-order valence-corrected chi connectivity index (χ1v) is 9.97. The van der Waals surface area contributed by atoms with Crippen molar-refractivity contribution in [1.29, 1.82) is 0 Å². The van der Waals surface area contributed by atoms with Crippen molar-refractivity contribution < 1.29 is 9.59 Å². The fourth-order valence-corrected chi connectivity index (χ4v) is 4.15. The highest BCUT2D eigenvalue weighted by atomic mass is 32.1. The summed E-state index contributed by atoms with van der Waals surface area (Å²) in [6.07, 6.45) is 3.06. The monoisotopic (exact) mass is 410 g/mol. The van der Waals surface area contributed by atoms with E-state index >= 15 is 0 Å². The molecule has 0 radical (unpaired) electrons. The minimum absolute atomic E-state index is 0.0584. The number of rotatable bonds is 5. The standard InChI is InChI=1S/C18H14N6O2S2/c1-10-4-2-5-12-14(10)23-18(28-12)22-13(25)8-11-9-27-17(21-11)24-16(26)15-19-6-3-7-20-15/h2-7,9H,8H2,1H3,(H,21,24,26)(H,22,23,25). The van der Waals surface area contributed by atoms with Gasteiger partial charge in [-0.15, -0.1) is 11.3 Å². The van der Waals surface area contributed by atoms with E-state index in [9.17, 15) is 9.59 Å². The van der Waals surface area contributed by atoms with Crippen LogP contribution in [0.3, 0.4) is 0 Å². The summed E-state index contributed by atoms with van der Waals surface area (Å²) >= 11 is 2.66. The predicted octanol–water partition coefficient (Wildman–Crippen LogP) is 3.28. The number of nitrogens with one attached hydrogen (secondary N) is 2. The van der Waals surface area contributed by atoms with E-state index in [2.05, 4.69) is 30.6 Å². The molecule has 0 spiro atoms. The van der Waals surface area contributed by atoms with Crippen molar-refractivity contribution >= 4 is 55.0 Å². The number of anilines is 2. The van der Waals surface area contributed by atoms with Gasteiger partial charge in [0.2, 0.25) is 11.7 Å². The summed E-state index contributed by atoms with van der Waals surface area (Å²) < 4.78 is 1.03. The van der Waals surface area contributed by atoms with E-state index in [-0.39, 0.29) is 18.2 Å². The molecule has 0 saturated carbocycles. The van der Waals surface area contributed by atoms with Crippen LogP contribution in [0.1, 0.15) is 21.9 Å². The number of nitrogens with zero attached hydrogens (tertiary/aromatic N) is 4. The number of aromatic nitrogens is 4. The number of thiazole rings is 2. The summed E-state index contributed by atoms with van der Waals surface area (Å²) in [5.74, 6) is -0.606. The maximum atomic E-state index is 12.3. The molecule has 0 fully saturated rings. The molecule has 0 aliphatic carbocycles. The Morgan fingerprint density at radius 2 is 1.86 bits per heavy atom. The number of para-hydroxylation sites is 1. The van der Waals surface area contributed by atoms with E-state index < -0.39 is 5.91 Å². The quantitative estimate of drug-likeness (QED) is 0.522. The fourth-order valence-electron chi connectivity index (χ4n) is 2.48. The zero-order valence-electron chi connectivity index (χ0n) is 14.7. The zero-order chi connectivity index (χ0) is 19.5. The summed E-state index contributed by atoms with van der Waals surface area (Å²) in [5.41, 5.74) is 2.52. The smallest absolute Gasteiger partial charge is 0.295 e. The van der Waals surface area contributed by atoms with Crippen LogP contribution >= 0.6 is 22.7 Å². The number of hydrogen-bond acceptors (Lipinski definition) is 8. The number of benzene rings is 1. The first kappa shape index (κ1) is 18.1. The molecular formula is C18H14N6O2S2. The Labute approximate surface area is 167 Å². The van der Waals surface area contributed by atoms with Gasteiger partial charge in [-0.05, 0) is 24.6 Å². The van der Waals surface area contributed by atoms with Gasteiger partial charge in [0.15, 0.2) is 10.3 Å². The highest BCUT2D eigenvalue weighted by Crippen LogP contribution is 2.28. The van der Waals surface area contributed by atoms with Crippen LogP contribution < -0.4 is 10.6 Å². The van der Waals surface area contributed by atoms with E-state index in [0.29, 0.717) is 16.0 Å². The Bertz CT molecular complexity index is 1160. The first-order chi connectivity index (χ1) is 13.6. The number of carbonyl (C=O) groups is 2. The number of carbonyl (C=O) groups excluding carboxylic acids is 2. The van der Waals surface area contributed by atoms with Gasteiger partial charge < -0.3 is 5.32 Å². The molecule has 3 heterocycles. The average molecular weight is 410 g/mol. The highest BCUT2D eigenvalue weighted by Gasteiger charge is 2.14. The summed E-state index contributed by atoms with van der Waals surface area (Å²) in [6.45, 7) is 1.99. The Kier molecular flexibility index (Phi) is 5.04. The molecule has 2 N–H and O–H groups in total. The van der Waals surface area contributed by atoms with Crippen molar-refractivity contribution in [3.8, 4) is 0 Å². The van der Waals surface area contributed by atoms with Gasteiger partial charge in [0, 0.05) is 17.8 Å². The topological polar surface area (TPSA) is 110 Å². The molecule has 0 aliphatic rings. The third kappa shape index (κ3) is 4.02. The van der Waals surface area contributed by atoms with E-state index in [0.717, 1.165) is 15.8 Å². The zero-order valence-corrected chi connectivity index (χ0v) is 16.3. The second-order valence-electron chi connectivity index (χ2n) is 5.84. The van der Waals surface area contributed by atoms with Crippen molar-refractivity contribution in [3.05, 3.63) is 59.1 Å². The van der Waals surface area contributed by atoms with Crippen molar-refractivity contribution in [2.45, 2.75) is 13.3 Å². The molecule has 2 amide bonds. The van der Waals surface area contributed by atoms with Crippen LogP contribution in [-0.2, 0) is 11.2 Å². The van der Waals surface area contributed by atoms with Crippen LogP contribution in [0, 0.1) is 6.92 Å². The lowest BCUT2D eigenvalue weighted by molar-refractivity contribution is -0.115. The minimum atomic E-state index is -0.448. The largest absolute Gasteiger partial charge is 0.302 e. The maximum absolute atomic E-state index is 12.3. The van der Waals surface area contributed by atoms with Crippen LogP contribution in [0.15, 0.2) is 42.0 Å². The average Bonchev–Trinajstić information content (AvgIpc) is 3.29. The predicted molar refractivity (Wildman–Crippen MR) is 109 cm³/mol. The number of amides is 2. The molecule has 4 rings (SSSR count). The molecule has 4 aromatic rings. The lowest BCUT2D eigenvalue weighted by Gasteiger charge is -2.00. The second kappa shape index (κ2) is 7.79. The molecule has 3 aromatic heterocycles. The molecule has 0 saturated heterocycles. The van der Waals surface area contributed by atoms with Crippen molar-refractivity contribution in [3.63, 3.8) is 0 Å². The Balaban J connectivity index is 1.38. The molecule has 0 unspecified atom stereocenters. The van der Waals surface area contributed by atoms with Crippen LogP contribution in [0.2, 0.25) is 0 Å². The fraction of sp³-hybridized carbons (Fsp3) is 0.111. The van der Waals surface area contributed by atoms with E-state index in [1.165, 1.54) is 35.1 Å². The van der Waals surface area contributed by atoms with Crippen molar-refractivity contribution in [1.82, 2.24) is 19.9 Å². The number of hydrogen-bond donors (Lipinski definition) is 2. The Morgan fingerprint density at radius 1 is 1.04 bits per heavy atom. The van der Waals surface area contributed by atoms with Crippen LogP contribution in [0.4, 0.5) is 10.3 Å². The first-order valence-electron chi connectivity index (χ1n) is 8.27. The van der Waals surface area contributed by atoms with Gasteiger partial charge in [-0.1, -0.05) is 23.5 Å². The number of aryl methyl sites for hydroxylation is 1. The lowest BCUT2D eigenvalue weighted by Crippen LogP contribution is -2.16. The molecule has 10 heteroatoms. The molecule has 0 aliphatic heterocycles. The third-order valence-corrected chi connectivity index (χ3v) is 5.49. The Hall–Kier alpha value is -3.24. The van der Waals surface area contributed by atoms with Gasteiger partial charge in [-0.3, -0.25) is 14.9 Å². The minimum Gasteiger partial charge on any atom is -0.302 e. The molecule has 0 atom stereocenters. The van der Waals surface area contributed by atoms with Gasteiger partial charge in [0.25, 0.3) is 5.91 Å². The molecule has 140 valence electrons. The molecule has 0 bridgehead atoms. The van der Waals surface area contributed by atoms with Gasteiger partial charge >= 0.3 is 0 Å². The highest BCUT2D eigenvalue weighted by molar-refractivity contribution is 7.22.